The molecule has 20 heavy (non-hydrogen) atoms. The van der Waals surface area contributed by atoms with E-state index in [0.29, 0.717) is 11.9 Å². The van der Waals surface area contributed by atoms with Crippen molar-refractivity contribution in [2.45, 2.75) is 50.6 Å². The molecule has 0 saturated carbocycles. The van der Waals surface area contributed by atoms with E-state index in [0.717, 1.165) is 37.1 Å². The van der Waals surface area contributed by atoms with E-state index < -0.39 is 0 Å². The third kappa shape index (κ3) is 2.66. The SMILES string of the molecule is CCc1cc(CCl)cc(N2CCC3CCC(C2)N3C)n1. The van der Waals surface area contributed by atoms with Crippen molar-refractivity contribution in [1.29, 1.82) is 0 Å². The van der Waals surface area contributed by atoms with Crippen molar-refractivity contribution in [3.63, 3.8) is 0 Å². The van der Waals surface area contributed by atoms with Gasteiger partial charge in [0.1, 0.15) is 5.82 Å². The lowest BCUT2D eigenvalue weighted by Crippen LogP contribution is -2.37. The van der Waals surface area contributed by atoms with Crippen molar-refractivity contribution >= 4 is 17.4 Å². The second kappa shape index (κ2) is 5.90. The molecule has 0 N–H and O–H groups in total. The molecule has 1 aromatic heterocycles. The van der Waals surface area contributed by atoms with E-state index in [9.17, 15) is 0 Å². The Morgan fingerprint density at radius 3 is 2.80 bits per heavy atom. The normalized spacial score (nSPS) is 26.9. The van der Waals surface area contributed by atoms with Gasteiger partial charge in [-0.2, -0.15) is 0 Å². The summed E-state index contributed by atoms with van der Waals surface area (Å²) in [6.45, 7) is 4.38. The highest BCUT2D eigenvalue weighted by Crippen LogP contribution is 2.30. The summed E-state index contributed by atoms with van der Waals surface area (Å²) in [6, 6.07) is 5.76. The van der Waals surface area contributed by atoms with Crippen molar-refractivity contribution in [1.82, 2.24) is 9.88 Å². The van der Waals surface area contributed by atoms with Crippen LogP contribution in [0.1, 0.15) is 37.4 Å². The highest BCUT2D eigenvalue weighted by Gasteiger charge is 2.34. The Kier molecular flexibility index (Phi) is 4.18. The summed E-state index contributed by atoms with van der Waals surface area (Å²) in [4.78, 5) is 9.87. The Hall–Kier alpha value is -0.800. The number of hydrogen-bond acceptors (Lipinski definition) is 3. The predicted molar refractivity (Wildman–Crippen MR) is 84.6 cm³/mol. The number of alkyl halides is 1. The fourth-order valence-corrected chi connectivity index (χ4v) is 3.72. The maximum Gasteiger partial charge on any atom is 0.129 e. The molecule has 2 bridgehead atoms. The van der Waals surface area contributed by atoms with Gasteiger partial charge >= 0.3 is 0 Å². The van der Waals surface area contributed by atoms with Crippen LogP contribution in [-0.4, -0.2) is 42.1 Å². The number of aromatic nitrogens is 1. The molecule has 2 aliphatic rings. The van der Waals surface area contributed by atoms with Crippen LogP contribution in [0.3, 0.4) is 0 Å². The van der Waals surface area contributed by atoms with E-state index >= 15 is 0 Å². The highest BCUT2D eigenvalue weighted by atomic mass is 35.5. The van der Waals surface area contributed by atoms with Crippen LogP contribution in [0.15, 0.2) is 12.1 Å². The molecule has 3 heterocycles. The van der Waals surface area contributed by atoms with Gasteiger partial charge in [0.25, 0.3) is 0 Å². The number of pyridine rings is 1. The summed E-state index contributed by atoms with van der Waals surface area (Å²) in [5.41, 5.74) is 2.34. The zero-order valence-corrected chi connectivity index (χ0v) is 13.2. The van der Waals surface area contributed by atoms with Gasteiger partial charge in [-0.15, -0.1) is 11.6 Å². The second-order valence-electron chi connectivity index (χ2n) is 6.10. The zero-order chi connectivity index (χ0) is 14.1. The molecule has 3 nitrogen and oxygen atoms in total. The lowest BCUT2D eigenvalue weighted by atomic mass is 10.1. The summed E-state index contributed by atoms with van der Waals surface area (Å²) in [5, 5.41) is 0. The van der Waals surface area contributed by atoms with Gasteiger partial charge in [0.2, 0.25) is 0 Å². The molecule has 110 valence electrons. The first-order valence-electron chi connectivity index (χ1n) is 7.74. The fraction of sp³-hybridized carbons (Fsp3) is 0.688. The van der Waals surface area contributed by atoms with Gasteiger partial charge in [-0.1, -0.05) is 6.92 Å². The molecule has 2 aliphatic heterocycles. The van der Waals surface area contributed by atoms with Gasteiger partial charge in [-0.25, -0.2) is 4.98 Å². The van der Waals surface area contributed by atoms with Crippen LogP contribution >= 0.6 is 11.6 Å². The lowest BCUT2D eigenvalue weighted by Gasteiger charge is -2.27. The summed E-state index contributed by atoms with van der Waals surface area (Å²) in [7, 11) is 2.28. The van der Waals surface area contributed by atoms with Crippen LogP contribution in [-0.2, 0) is 12.3 Å². The predicted octanol–water partition coefficient (Wildman–Crippen LogP) is 3.06. The standard InChI is InChI=1S/C16H24ClN3/c1-3-13-8-12(10-17)9-16(18-13)20-7-6-14-4-5-15(11-20)19(14)2/h8-9,14-15H,3-7,10-11H2,1-2H3. The minimum atomic E-state index is 0.572. The molecule has 0 amide bonds. The van der Waals surface area contributed by atoms with Crippen LogP contribution in [0, 0.1) is 0 Å². The lowest BCUT2D eigenvalue weighted by molar-refractivity contribution is 0.254. The van der Waals surface area contributed by atoms with Crippen molar-refractivity contribution in [3.05, 3.63) is 23.4 Å². The van der Waals surface area contributed by atoms with Gasteiger partial charge < -0.3 is 4.90 Å². The number of fused-ring (bicyclic) bond motifs is 2. The fourth-order valence-electron chi connectivity index (χ4n) is 3.57. The number of halogens is 1. The van der Waals surface area contributed by atoms with Gasteiger partial charge in [-0.05, 0) is 50.4 Å². The van der Waals surface area contributed by atoms with Gasteiger partial charge in [0, 0.05) is 36.7 Å². The van der Waals surface area contributed by atoms with Crippen LogP contribution in [0.25, 0.3) is 0 Å². The highest BCUT2D eigenvalue weighted by molar-refractivity contribution is 6.17. The van der Waals surface area contributed by atoms with E-state index in [4.69, 9.17) is 16.6 Å². The summed E-state index contributed by atoms with van der Waals surface area (Å²) >= 11 is 6.03. The van der Waals surface area contributed by atoms with Crippen molar-refractivity contribution in [2.75, 3.05) is 25.0 Å². The van der Waals surface area contributed by atoms with E-state index in [1.807, 2.05) is 0 Å². The Balaban J connectivity index is 1.85. The monoisotopic (exact) mass is 293 g/mol. The molecule has 3 rings (SSSR count). The van der Waals surface area contributed by atoms with E-state index in [2.05, 4.69) is 35.9 Å². The Morgan fingerprint density at radius 2 is 2.05 bits per heavy atom. The zero-order valence-electron chi connectivity index (χ0n) is 12.5. The molecule has 2 atom stereocenters. The molecule has 1 aromatic rings. The maximum absolute atomic E-state index is 6.03. The minimum absolute atomic E-state index is 0.572. The molecule has 0 aromatic carbocycles. The van der Waals surface area contributed by atoms with Crippen LogP contribution < -0.4 is 4.90 Å². The van der Waals surface area contributed by atoms with Crippen LogP contribution in [0.5, 0.6) is 0 Å². The molecule has 2 fully saturated rings. The van der Waals surface area contributed by atoms with Crippen molar-refractivity contribution < 1.29 is 0 Å². The molecule has 0 spiro atoms. The summed E-state index contributed by atoms with van der Waals surface area (Å²) in [5.74, 6) is 1.70. The average molecular weight is 294 g/mol. The smallest absolute Gasteiger partial charge is 0.129 e. The van der Waals surface area contributed by atoms with E-state index in [1.54, 1.807) is 0 Å². The number of hydrogen-bond donors (Lipinski definition) is 0. The molecule has 4 heteroatoms. The number of rotatable bonds is 3. The molecule has 2 saturated heterocycles. The Labute approximate surface area is 126 Å². The third-order valence-corrected chi connectivity index (χ3v) is 5.22. The van der Waals surface area contributed by atoms with Crippen LogP contribution in [0.2, 0.25) is 0 Å². The summed E-state index contributed by atoms with van der Waals surface area (Å²) in [6.07, 6.45) is 4.91. The quantitative estimate of drug-likeness (QED) is 0.799. The molecular formula is C16H24ClN3. The second-order valence-corrected chi connectivity index (χ2v) is 6.36. The van der Waals surface area contributed by atoms with Gasteiger partial charge in [-0.3, -0.25) is 4.90 Å². The molecule has 0 aliphatic carbocycles. The third-order valence-electron chi connectivity index (χ3n) is 4.91. The average Bonchev–Trinajstić information content (AvgIpc) is 2.71. The molecule has 0 radical (unpaired) electrons. The minimum Gasteiger partial charge on any atom is -0.355 e. The first kappa shape index (κ1) is 14.2. The first-order valence-corrected chi connectivity index (χ1v) is 8.27. The topological polar surface area (TPSA) is 19.4 Å². The molecule has 2 unspecified atom stereocenters. The van der Waals surface area contributed by atoms with Gasteiger partial charge in [0.05, 0.1) is 0 Å². The largest absolute Gasteiger partial charge is 0.355 e. The van der Waals surface area contributed by atoms with Crippen LogP contribution in [0.4, 0.5) is 5.82 Å². The Morgan fingerprint density at radius 1 is 1.25 bits per heavy atom. The van der Waals surface area contributed by atoms with E-state index in [-0.39, 0.29) is 0 Å². The number of anilines is 1. The van der Waals surface area contributed by atoms with Crippen molar-refractivity contribution in [2.24, 2.45) is 0 Å². The number of likely N-dealkylation sites (N-methyl/N-ethyl adjacent to an activating group) is 1. The number of aryl methyl sites for hydroxylation is 1. The van der Waals surface area contributed by atoms with Crippen molar-refractivity contribution in [3.8, 4) is 0 Å². The Bertz CT molecular complexity index is 455. The first-order chi connectivity index (χ1) is 9.71. The number of nitrogens with zero attached hydrogens (tertiary/aromatic N) is 3. The van der Waals surface area contributed by atoms with Gasteiger partial charge in [0.15, 0.2) is 0 Å². The molecular weight excluding hydrogens is 270 g/mol. The summed E-state index contributed by atoms with van der Waals surface area (Å²) < 4.78 is 0. The maximum atomic E-state index is 6.03. The van der Waals surface area contributed by atoms with E-state index in [1.165, 1.54) is 24.8 Å².